The van der Waals surface area contributed by atoms with Gasteiger partial charge in [-0.05, 0) is 68.0 Å². The van der Waals surface area contributed by atoms with Crippen LogP contribution in [0, 0.1) is 11.7 Å². The van der Waals surface area contributed by atoms with Crippen LogP contribution in [0.5, 0.6) is 0 Å². The number of nitrogens with zero attached hydrogens (tertiary/aromatic N) is 4. The number of amides is 4. The number of piperazine rings is 1. The third-order valence-electron chi connectivity index (χ3n) is 10.8. The minimum absolute atomic E-state index is 0.00555. The van der Waals surface area contributed by atoms with Gasteiger partial charge in [-0.15, -0.1) is 0 Å². The summed E-state index contributed by atoms with van der Waals surface area (Å²) < 4.78 is 54.5. The van der Waals surface area contributed by atoms with Crippen molar-refractivity contribution >= 4 is 44.8 Å². The number of aliphatic hydroxyl groups excluding tert-OH is 1. The third-order valence-corrected chi connectivity index (χ3v) is 11.9. The maximum absolute atomic E-state index is 15.3. The lowest BCUT2D eigenvalue weighted by Crippen LogP contribution is -2.54. The highest BCUT2D eigenvalue weighted by Gasteiger charge is 2.45. The van der Waals surface area contributed by atoms with E-state index in [2.05, 4.69) is 15.1 Å². The molecule has 0 radical (unpaired) electrons. The lowest BCUT2D eigenvalue weighted by Gasteiger charge is -2.38. The van der Waals surface area contributed by atoms with E-state index in [-0.39, 0.29) is 46.5 Å². The smallest absolute Gasteiger partial charge is 0.262 e. The fourth-order valence-electron chi connectivity index (χ4n) is 8.04. The van der Waals surface area contributed by atoms with Crippen LogP contribution in [0.1, 0.15) is 70.1 Å². The first-order valence-electron chi connectivity index (χ1n) is 16.8. The van der Waals surface area contributed by atoms with Crippen LogP contribution >= 0.6 is 0 Å². The highest BCUT2D eigenvalue weighted by Crippen LogP contribution is 2.43. The van der Waals surface area contributed by atoms with Gasteiger partial charge in [-0.3, -0.25) is 34.3 Å². The number of hydrogen-bond acceptors (Lipinski definition) is 10. The van der Waals surface area contributed by atoms with Crippen molar-refractivity contribution in [3.05, 3.63) is 52.3 Å². The standard InChI is InChI=1S/C34H39F2N5O7S/c1-49(47,48)28-4-2-25(22-17-24(36)31(43)30(22)28)39-10-7-19(8-11-39)6-9-38-12-14-40(15-13-38)27-18-21-20(16-23(27)35)33(45)41(34(21)46)26-3-5-29(42)37-32(26)44/h2,4,16,18-19,24,26,31,43H,3,5-15,17H2,1H3,(H,37,42,44)/t24-,26?,31+/m1/s1. The molecule has 12 nitrogen and oxygen atoms in total. The summed E-state index contributed by atoms with van der Waals surface area (Å²) >= 11 is 0. The molecule has 4 amide bonds. The number of halogens is 2. The molecule has 2 N–H and O–H groups in total. The molecule has 1 unspecified atom stereocenters. The molecular formula is C34H39F2N5O7S. The summed E-state index contributed by atoms with van der Waals surface area (Å²) in [6, 6.07) is 4.59. The lowest BCUT2D eigenvalue weighted by molar-refractivity contribution is -0.136. The van der Waals surface area contributed by atoms with E-state index in [0.717, 1.165) is 61.8 Å². The van der Waals surface area contributed by atoms with Crippen LogP contribution in [-0.4, -0.2) is 111 Å². The summed E-state index contributed by atoms with van der Waals surface area (Å²) in [5, 5.41) is 12.6. The van der Waals surface area contributed by atoms with Crippen LogP contribution in [0.4, 0.5) is 20.2 Å². The lowest BCUT2D eigenvalue weighted by atomic mass is 9.92. The van der Waals surface area contributed by atoms with Gasteiger partial charge in [-0.25, -0.2) is 17.2 Å². The number of fused-ring (bicyclic) bond motifs is 2. The molecule has 3 saturated heterocycles. The average Bonchev–Trinajstić information content (AvgIpc) is 3.49. The zero-order valence-corrected chi connectivity index (χ0v) is 28.0. The molecule has 0 bridgehead atoms. The van der Waals surface area contributed by atoms with Gasteiger partial charge in [-0.2, -0.15) is 0 Å². The topological polar surface area (TPSA) is 148 Å². The van der Waals surface area contributed by atoms with Crippen molar-refractivity contribution in [2.75, 3.05) is 61.9 Å². The molecule has 4 heterocycles. The molecule has 3 fully saturated rings. The Morgan fingerprint density at radius 2 is 1.55 bits per heavy atom. The van der Waals surface area contributed by atoms with E-state index in [1.165, 1.54) is 12.1 Å². The third kappa shape index (κ3) is 6.09. The van der Waals surface area contributed by atoms with Gasteiger partial charge in [0.05, 0.1) is 21.7 Å². The number of sulfone groups is 1. The zero-order chi connectivity index (χ0) is 34.8. The summed E-state index contributed by atoms with van der Waals surface area (Å²) in [6.07, 6.45) is 0.945. The van der Waals surface area contributed by atoms with Crippen molar-refractivity contribution < 1.29 is 41.5 Å². The maximum Gasteiger partial charge on any atom is 0.262 e. The Kier molecular flexibility index (Phi) is 8.72. The van der Waals surface area contributed by atoms with Gasteiger partial charge in [0.25, 0.3) is 11.8 Å². The van der Waals surface area contributed by atoms with Gasteiger partial charge >= 0.3 is 0 Å². The monoisotopic (exact) mass is 699 g/mol. The first-order valence-corrected chi connectivity index (χ1v) is 18.7. The van der Waals surface area contributed by atoms with Gasteiger partial charge in [0.1, 0.15) is 24.1 Å². The van der Waals surface area contributed by atoms with Gasteiger partial charge in [0.2, 0.25) is 11.8 Å². The molecular weight excluding hydrogens is 660 g/mol. The molecule has 2 aromatic rings. The molecule has 7 rings (SSSR count). The van der Waals surface area contributed by atoms with Gasteiger partial charge in [-0.1, -0.05) is 0 Å². The predicted molar refractivity (Wildman–Crippen MR) is 174 cm³/mol. The summed E-state index contributed by atoms with van der Waals surface area (Å²) in [7, 11) is -3.62. The number of nitrogens with one attached hydrogen (secondary N) is 1. The number of imide groups is 2. The van der Waals surface area contributed by atoms with Crippen molar-refractivity contribution in [1.29, 1.82) is 0 Å². The second-order valence-corrected chi connectivity index (χ2v) is 15.7. The first kappa shape index (κ1) is 33.5. The molecule has 2 aromatic carbocycles. The van der Waals surface area contributed by atoms with Crippen LogP contribution in [0.3, 0.4) is 0 Å². The van der Waals surface area contributed by atoms with Gasteiger partial charge in [0.15, 0.2) is 9.84 Å². The Labute approximate surface area is 282 Å². The Hall–Kier alpha value is -3.95. The van der Waals surface area contributed by atoms with Crippen molar-refractivity contribution in [1.82, 2.24) is 15.1 Å². The number of hydrogen-bond donors (Lipinski definition) is 2. The fraction of sp³-hybridized carbons (Fsp3) is 0.529. The minimum atomic E-state index is -3.62. The molecule has 1 aliphatic carbocycles. The van der Waals surface area contributed by atoms with Crippen molar-refractivity contribution in [3.8, 4) is 0 Å². The fourth-order valence-corrected chi connectivity index (χ4v) is 9.00. The SMILES string of the molecule is CS(=O)(=O)c1ccc(N2CCC(CCN3CCN(c4cc5c(cc4F)C(=O)N(C4CCC(=O)NC4=O)C5=O)CC3)CC2)c2c1[C@@H](O)[C@H](F)C2. The molecule has 0 spiro atoms. The van der Waals surface area contributed by atoms with E-state index in [1.807, 2.05) is 4.90 Å². The molecule has 49 heavy (non-hydrogen) atoms. The number of benzene rings is 2. The number of piperidine rings is 2. The van der Waals surface area contributed by atoms with Crippen LogP contribution in [0.15, 0.2) is 29.2 Å². The summed E-state index contributed by atoms with van der Waals surface area (Å²) in [6.45, 7) is 4.80. The molecule has 0 saturated carbocycles. The van der Waals surface area contributed by atoms with E-state index in [1.54, 1.807) is 6.07 Å². The van der Waals surface area contributed by atoms with Gasteiger partial charge < -0.3 is 14.9 Å². The summed E-state index contributed by atoms with van der Waals surface area (Å²) in [5.74, 6) is -2.72. The summed E-state index contributed by atoms with van der Waals surface area (Å²) in [4.78, 5) is 57.4. The van der Waals surface area contributed by atoms with E-state index < -0.39 is 57.6 Å². The molecule has 3 atom stereocenters. The van der Waals surface area contributed by atoms with Crippen molar-refractivity contribution in [2.45, 2.75) is 61.7 Å². The predicted octanol–water partition coefficient (Wildman–Crippen LogP) is 1.99. The van der Waals surface area contributed by atoms with Crippen molar-refractivity contribution in [3.63, 3.8) is 0 Å². The number of aliphatic hydroxyl groups is 1. The number of rotatable bonds is 7. The van der Waals surface area contributed by atoms with Crippen LogP contribution in [0.2, 0.25) is 0 Å². The Bertz CT molecular complexity index is 1840. The Balaban J connectivity index is 0.926. The Morgan fingerprint density at radius 1 is 0.898 bits per heavy atom. The number of anilines is 2. The van der Waals surface area contributed by atoms with Crippen LogP contribution in [0.25, 0.3) is 0 Å². The van der Waals surface area contributed by atoms with Crippen LogP contribution in [-0.2, 0) is 25.8 Å². The molecule has 5 aliphatic rings. The number of carbonyl (C=O) groups is 4. The summed E-state index contributed by atoms with van der Waals surface area (Å²) in [5.41, 5.74) is 1.78. The number of carbonyl (C=O) groups excluding carboxylic acids is 4. The highest BCUT2D eigenvalue weighted by atomic mass is 32.2. The van der Waals surface area contributed by atoms with E-state index in [9.17, 15) is 37.1 Å². The highest BCUT2D eigenvalue weighted by molar-refractivity contribution is 7.90. The van der Waals surface area contributed by atoms with Gasteiger partial charge in [0, 0.05) is 69.6 Å². The van der Waals surface area contributed by atoms with E-state index in [4.69, 9.17) is 0 Å². The molecule has 4 aliphatic heterocycles. The minimum Gasteiger partial charge on any atom is -0.385 e. The normalized spacial score (nSPS) is 25.2. The number of alkyl halides is 1. The second kappa shape index (κ2) is 12.7. The zero-order valence-electron chi connectivity index (χ0n) is 27.2. The average molecular weight is 700 g/mol. The Morgan fingerprint density at radius 3 is 2.20 bits per heavy atom. The largest absolute Gasteiger partial charge is 0.385 e. The van der Waals surface area contributed by atoms with E-state index in [0.29, 0.717) is 37.7 Å². The van der Waals surface area contributed by atoms with Crippen molar-refractivity contribution in [2.24, 2.45) is 5.92 Å². The maximum atomic E-state index is 15.3. The first-order chi connectivity index (χ1) is 23.3. The quantitative estimate of drug-likeness (QED) is 0.412. The second-order valence-electron chi connectivity index (χ2n) is 13.8. The molecule has 15 heteroatoms. The van der Waals surface area contributed by atoms with E-state index >= 15 is 4.39 Å². The molecule has 262 valence electrons. The van der Waals surface area contributed by atoms with Crippen LogP contribution < -0.4 is 15.1 Å². The molecule has 0 aromatic heterocycles.